The number of ketones is 2. The van der Waals surface area contributed by atoms with Gasteiger partial charge in [-0.1, -0.05) is 125 Å². The van der Waals surface area contributed by atoms with Gasteiger partial charge in [-0.2, -0.15) is 0 Å². The molecule has 0 fully saturated rings. The van der Waals surface area contributed by atoms with Gasteiger partial charge in [0.15, 0.2) is 11.6 Å². The largest absolute Gasteiger partial charge is 0.351 e. The molecule has 220 valence electrons. The van der Waals surface area contributed by atoms with Crippen molar-refractivity contribution in [2.45, 2.75) is 136 Å². The van der Waals surface area contributed by atoms with Gasteiger partial charge in [0.25, 0.3) is 0 Å². The summed E-state index contributed by atoms with van der Waals surface area (Å²) in [5, 5.41) is 0. The highest BCUT2D eigenvalue weighted by Crippen LogP contribution is 2.54. The third-order valence-electron chi connectivity index (χ3n) is 8.33. The van der Waals surface area contributed by atoms with Gasteiger partial charge in [-0.25, -0.2) is 0 Å². The molecular formula is C36H58O3. The lowest BCUT2D eigenvalue weighted by Gasteiger charge is -2.54. The number of allylic oxidation sites excluding steroid dienone is 4. The Hall–Kier alpha value is -1.74. The molecule has 0 saturated carbocycles. The molecule has 3 nitrogen and oxygen atoms in total. The van der Waals surface area contributed by atoms with Crippen molar-refractivity contribution in [3.05, 3.63) is 46.6 Å². The topological polar surface area (TPSA) is 43.4 Å². The first-order valence-corrected chi connectivity index (χ1v) is 14.6. The summed E-state index contributed by atoms with van der Waals surface area (Å²) in [7, 11) is 0. The number of Topliss-reactive ketones (excluding diaryl/α,β-unsaturated/α-hetero) is 2. The van der Waals surface area contributed by atoms with E-state index in [2.05, 4.69) is 149 Å². The van der Waals surface area contributed by atoms with Crippen molar-refractivity contribution in [1.29, 1.82) is 0 Å². The fraction of sp³-hybridized carbons (Fsp3) is 0.722. The molecule has 0 atom stereocenters. The third kappa shape index (κ3) is 6.29. The molecule has 0 radical (unpaired) electrons. The van der Waals surface area contributed by atoms with Gasteiger partial charge in [0.2, 0.25) is 0 Å². The lowest BCUT2D eigenvalue weighted by atomic mass is 9.61. The van der Waals surface area contributed by atoms with Crippen LogP contribution in [0.5, 0.6) is 0 Å². The zero-order valence-electron chi connectivity index (χ0n) is 28.5. The van der Waals surface area contributed by atoms with E-state index in [1.807, 2.05) is 0 Å². The Morgan fingerprint density at radius 3 is 0.718 bits per heavy atom. The summed E-state index contributed by atoms with van der Waals surface area (Å²) in [6, 6.07) is 0. The maximum Gasteiger partial charge on any atom is 0.185 e. The van der Waals surface area contributed by atoms with Crippen LogP contribution in [0.25, 0.3) is 0 Å². The van der Waals surface area contributed by atoms with Crippen molar-refractivity contribution >= 4 is 11.6 Å². The maximum absolute atomic E-state index is 14.0. The van der Waals surface area contributed by atoms with Crippen molar-refractivity contribution in [3.8, 4) is 0 Å². The van der Waals surface area contributed by atoms with Crippen LogP contribution in [0.3, 0.4) is 0 Å². The Morgan fingerprint density at radius 1 is 0.410 bits per heavy atom. The van der Waals surface area contributed by atoms with E-state index < -0.39 is 22.0 Å². The van der Waals surface area contributed by atoms with Gasteiger partial charge in [-0.15, -0.1) is 0 Å². The number of carbonyl (C=O) groups excluding carboxylic acids is 2. The number of ether oxygens (including phenoxy) is 1. The molecule has 0 aromatic carbocycles. The van der Waals surface area contributed by atoms with E-state index in [1.54, 1.807) is 0 Å². The molecule has 0 aliphatic heterocycles. The second kappa shape index (κ2) is 9.40. The van der Waals surface area contributed by atoms with E-state index in [0.29, 0.717) is 0 Å². The molecule has 0 heterocycles. The molecule has 3 heteroatoms. The maximum atomic E-state index is 14.0. The monoisotopic (exact) mass is 538 g/mol. The van der Waals surface area contributed by atoms with Crippen LogP contribution in [-0.2, 0) is 14.3 Å². The van der Waals surface area contributed by atoms with Gasteiger partial charge in [0.05, 0.1) is 0 Å². The van der Waals surface area contributed by atoms with Crippen LogP contribution in [0.15, 0.2) is 46.6 Å². The molecule has 2 rings (SSSR count). The van der Waals surface area contributed by atoms with Crippen LogP contribution in [0, 0.1) is 32.5 Å². The van der Waals surface area contributed by atoms with Crippen LogP contribution < -0.4 is 0 Å². The number of hydrogen-bond donors (Lipinski definition) is 0. The molecule has 0 bridgehead atoms. The molecule has 0 N–H and O–H groups in total. The second-order valence-corrected chi connectivity index (χ2v) is 18.1. The molecule has 39 heavy (non-hydrogen) atoms. The van der Waals surface area contributed by atoms with Crippen molar-refractivity contribution < 1.29 is 14.3 Å². The summed E-state index contributed by atoms with van der Waals surface area (Å²) in [5.74, 6) is 0.193. The lowest BCUT2D eigenvalue weighted by Crippen LogP contribution is -2.57. The Balaban J connectivity index is 3.15. The average molecular weight is 539 g/mol. The Morgan fingerprint density at radius 2 is 0.590 bits per heavy atom. The third-order valence-corrected chi connectivity index (χ3v) is 8.33. The van der Waals surface area contributed by atoms with Crippen LogP contribution in [-0.4, -0.2) is 22.8 Å². The first-order chi connectivity index (χ1) is 16.9. The summed E-state index contributed by atoms with van der Waals surface area (Å²) in [6.45, 7) is 38.3. The summed E-state index contributed by atoms with van der Waals surface area (Å²) in [5.41, 5.74) is -0.940. The predicted octanol–water partition coefficient (Wildman–Crippen LogP) is 9.63. The second-order valence-electron chi connectivity index (χ2n) is 18.1. The van der Waals surface area contributed by atoms with Gasteiger partial charge in [0, 0.05) is 22.3 Å². The highest BCUT2D eigenvalue weighted by Gasteiger charge is 2.55. The molecule has 2 aliphatic rings. The zero-order valence-corrected chi connectivity index (χ0v) is 28.5. The standard InChI is InChI=1S/C36H58O3/c1-29(2,3)23-19-35(33(13,14)15,20-24(27(23)37)30(4,5)6)39-36(34(16,17)18)21-25(31(7,8)9)28(38)26(22-36)32(10,11)12/h19-22H,1-18H3. The fourth-order valence-electron chi connectivity index (χ4n) is 5.29. The van der Waals surface area contributed by atoms with E-state index in [9.17, 15) is 9.59 Å². The summed E-state index contributed by atoms with van der Waals surface area (Å²) < 4.78 is 7.62. The van der Waals surface area contributed by atoms with Gasteiger partial charge in [-0.3, -0.25) is 9.59 Å². The number of carbonyl (C=O) groups is 2. The minimum atomic E-state index is -0.904. The van der Waals surface area contributed by atoms with E-state index >= 15 is 0 Å². The SMILES string of the molecule is CC(C)(C)C1=CC(OC2(C(C)(C)C)C=C(C(C)(C)C)C(=O)C(C(C)(C)C)=C2)(C(C)(C)C)C=C(C(C)(C)C)C1=O. The molecule has 0 aromatic heterocycles. The Kier molecular flexibility index (Phi) is 8.06. The first kappa shape index (κ1) is 33.5. The summed E-state index contributed by atoms with van der Waals surface area (Å²) in [6.07, 6.45) is 8.40. The predicted molar refractivity (Wildman–Crippen MR) is 166 cm³/mol. The van der Waals surface area contributed by atoms with Crippen LogP contribution in [0.2, 0.25) is 0 Å². The average Bonchev–Trinajstić information content (AvgIpc) is 2.65. The van der Waals surface area contributed by atoms with Crippen LogP contribution >= 0.6 is 0 Å². The van der Waals surface area contributed by atoms with Crippen molar-refractivity contribution in [2.75, 3.05) is 0 Å². The normalized spacial score (nSPS) is 21.3. The molecule has 0 saturated heterocycles. The number of hydrogen-bond acceptors (Lipinski definition) is 3. The highest BCUT2D eigenvalue weighted by molar-refractivity contribution is 6.12. The molecule has 2 aliphatic carbocycles. The quantitative estimate of drug-likeness (QED) is 0.351. The van der Waals surface area contributed by atoms with E-state index in [4.69, 9.17) is 4.74 Å². The smallest absolute Gasteiger partial charge is 0.185 e. The van der Waals surface area contributed by atoms with Crippen LogP contribution in [0.1, 0.15) is 125 Å². The highest BCUT2D eigenvalue weighted by atomic mass is 16.5. The van der Waals surface area contributed by atoms with Gasteiger partial charge in [-0.05, 0) is 56.8 Å². The molecular weight excluding hydrogens is 480 g/mol. The van der Waals surface area contributed by atoms with Gasteiger partial charge >= 0.3 is 0 Å². The van der Waals surface area contributed by atoms with E-state index in [1.165, 1.54) is 0 Å². The Labute approximate surface area is 240 Å². The minimum absolute atomic E-state index is 0.0963. The minimum Gasteiger partial charge on any atom is -0.351 e. The summed E-state index contributed by atoms with van der Waals surface area (Å²) in [4.78, 5) is 27.9. The van der Waals surface area contributed by atoms with Gasteiger partial charge in [0.1, 0.15) is 11.2 Å². The van der Waals surface area contributed by atoms with E-state index in [-0.39, 0.29) is 33.2 Å². The van der Waals surface area contributed by atoms with Crippen molar-refractivity contribution in [2.24, 2.45) is 32.5 Å². The summed E-state index contributed by atoms with van der Waals surface area (Å²) >= 11 is 0. The molecule has 0 spiro atoms. The van der Waals surface area contributed by atoms with Crippen LogP contribution in [0.4, 0.5) is 0 Å². The first-order valence-electron chi connectivity index (χ1n) is 14.6. The molecule has 0 amide bonds. The van der Waals surface area contributed by atoms with Crippen molar-refractivity contribution in [1.82, 2.24) is 0 Å². The fourth-order valence-corrected chi connectivity index (χ4v) is 5.29. The van der Waals surface area contributed by atoms with E-state index in [0.717, 1.165) is 22.3 Å². The zero-order chi connectivity index (χ0) is 31.0. The number of rotatable bonds is 2. The van der Waals surface area contributed by atoms with Crippen molar-refractivity contribution in [3.63, 3.8) is 0 Å². The van der Waals surface area contributed by atoms with Gasteiger partial charge < -0.3 is 4.74 Å². The molecule has 0 aromatic rings. The lowest BCUT2D eigenvalue weighted by molar-refractivity contribution is -0.153. The Bertz CT molecular complexity index is 978. The molecule has 0 unspecified atom stereocenters.